The van der Waals surface area contributed by atoms with E-state index in [1.54, 1.807) is 135 Å². The minimum atomic E-state index is -3.28. The number of aromatic nitrogens is 8. The van der Waals surface area contributed by atoms with E-state index in [2.05, 4.69) is 65.9 Å². The molecule has 0 unspecified atom stereocenters. The van der Waals surface area contributed by atoms with Gasteiger partial charge in [0.25, 0.3) is 17.8 Å². The number of hydrogen-bond donors (Lipinski definition) is 10. The molecule has 12 aromatic rings. The van der Waals surface area contributed by atoms with Gasteiger partial charge in [-0.25, -0.2) is 48.7 Å². The fourth-order valence-electron chi connectivity index (χ4n) is 20.9. The van der Waals surface area contributed by atoms with Crippen molar-refractivity contribution < 1.29 is 99.3 Å². The van der Waals surface area contributed by atoms with Gasteiger partial charge in [0.2, 0.25) is 11.8 Å². The number of nitrogens with one attached hydrogen (secondary N) is 8. The summed E-state index contributed by atoms with van der Waals surface area (Å²) < 4.78 is 96.6. The van der Waals surface area contributed by atoms with Crippen molar-refractivity contribution in [2.75, 3.05) is 73.9 Å². The number of benzene rings is 8. The van der Waals surface area contributed by atoms with Gasteiger partial charge < -0.3 is 94.5 Å². The van der Waals surface area contributed by atoms with E-state index in [0.717, 1.165) is 65.7 Å². The van der Waals surface area contributed by atoms with E-state index >= 15 is 17.6 Å². The number of aromatic amines is 4. The number of imidazole rings is 4. The van der Waals surface area contributed by atoms with Gasteiger partial charge in [-0.15, -0.1) is 0 Å². The van der Waals surface area contributed by atoms with Crippen molar-refractivity contribution in [2.24, 2.45) is 11.8 Å². The second-order valence-electron chi connectivity index (χ2n) is 38.2. The van der Waals surface area contributed by atoms with Gasteiger partial charge in [-0.1, -0.05) is 158 Å². The maximum Gasteiger partial charge on any atom is 0.410 e. The molecule has 8 aliphatic rings. The van der Waals surface area contributed by atoms with Crippen LogP contribution in [0, 0.1) is 11.8 Å². The lowest BCUT2D eigenvalue weighted by Crippen LogP contribution is -2.53. The maximum absolute atomic E-state index is 16.6. The summed E-state index contributed by atoms with van der Waals surface area (Å²) in [4.78, 5) is 152. The van der Waals surface area contributed by atoms with E-state index < -0.39 is 78.0 Å². The van der Waals surface area contributed by atoms with Crippen LogP contribution in [0.1, 0.15) is 191 Å². The first-order valence-corrected chi connectivity index (χ1v) is 48.6. The average Bonchev–Trinajstić information content (AvgIpc) is 1.57. The van der Waals surface area contributed by atoms with Crippen LogP contribution in [0.3, 0.4) is 0 Å². The Labute approximate surface area is 832 Å². The molecule has 0 radical (unpaired) electrons. The molecule has 20 rings (SSSR count). The standard InChI is InChI=1S/C52H52F2N8O7.C46H49F2N7O6.C10H11NO4/c1-67-50(65)59-44(32-8-4-3-5-9-32)48(63)61-22-6-10-42(61)46-55-28-40(57-46)31-14-12-30(13-15-31)34-16-18-36-37-19-17-35(27-39(37)52(53,54)38(36)26-34)41-29-56-47(58-41)43-11-7-23-62(43)49(64)45(60-51(66)68-2)33-20-24-69-25-21-33;1-45(2,3)61-44(59)55-19-5-7-38(55)41-49-24-35(51-41)27-10-8-26(9-11-27)29-12-14-31-32-15-13-30(23-34(32)46(47,48)33(31)22-29)36-25-50-40(52-36)37-6-4-18-54(37)42(56)39(53-43(57)58)28-16-20-60-21-17-28;1-15-10(14)11-8(9(12)13)7-5-3-2-4-6-7/h3-5,8-9,12-19,26-29,33,42-45H,6-7,10-11,20-25H2,1-2H3,(H,55,57)(H,56,58)(H,59,65)(H,60,66);8-15,22-25,28,37-39,53H,4-7,16-21H2,1-3H3,(H,49,51)(H,50,52)(H,57,58);2-6,8H,1H3,(H,11,14)(H,12,13)/t42-,43-,44+,45-;37-,38-,39-;8-/m001/s1. The maximum atomic E-state index is 16.6. The van der Waals surface area contributed by atoms with Crippen molar-refractivity contribution >= 4 is 54.2 Å². The zero-order chi connectivity index (χ0) is 102. The Bertz CT molecular complexity index is 6780. The second kappa shape index (κ2) is 42.6. The molecule has 6 saturated heterocycles. The normalized spacial score (nSPS) is 19.0. The van der Waals surface area contributed by atoms with Crippen LogP contribution in [0.25, 0.3) is 89.5 Å². The topological polar surface area (TPSA) is 425 Å². The Hall–Kier alpha value is -15.5. The number of carbonyl (C=O) groups is 9. The molecule has 0 bridgehead atoms. The third kappa shape index (κ3) is 21.2. The number of nitrogens with zero attached hydrogens (tertiary/aromatic N) is 8. The molecule has 145 heavy (non-hydrogen) atoms. The van der Waals surface area contributed by atoms with Gasteiger partial charge in [0, 0.05) is 86.0 Å². The van der Waals surface area contributed by atoms with E-state index in [1.165, 1.54) is 33.5 Å². The summed E-state index contributed by atoms with van der Waals surface area (Å²) in [5, 5.41) is 28.6. The van der Waals surface area contributed by atoms with Gasteiger partial charge in [0.1, 0.15) is 47.0 Å². The zero-order valence-electron chi connectivity index (χ0n) is 80.7. The van der Waals surface area contributed by atoms with Crippen LogP contribution in [0.15, 0.2) is 207 Å². The highest BCUT2D eigenvalue weighted by atomic mass is 19.3. The van der Waals surface area contributed by atoms with Crippen molar-refractivity contribution in [2.45, 2.75) is 164 Å². The van der Waals surface area contributed by atoms with Gasteiger partial charge in [-0.3, -0.25) is 19.3 Å². The van der Waals surface area contributed by atoms with Crippen LogP contribution in [0.4, 0.5) is 41.5 Å². The van der Waals surface area contributed by atoms with Crippen molar-refractivity contribution in [3.05, 3.63) is 263 Å². The van der Waals surface area contributed by atoms with Crippen molar-refractivity contribution in [1.82, 2.24) is 80.7 Å². The molecule has 6 aliphatic heterocycles. The lowest BCUT2D eigenvalue weighted by molar-refractivity contribution is -0.139. The lowest BCUT2D eigenvalue weighted by atomic mass is 9.90. The van der Waals surface area contributed by atoms with Gasteiger partial charge in [0.15, 0.2) is 6.04 Å². The van der Waals surface area contributed by atoms with Gasteiger partial charge in [0.05, 0.1) is 93.1 Å². The Morgan fingerprint density at radius 2 is 0.683 bits per heavy atom. The van der Waals surface area contributed by atoms with Crippen LogP contribution in [0.2, 0.25) is 0 Å². The van der Waals surface area contributed by atoms with Crippen molar-refractivity contribution in [3.63, 3.8) is 0 Å². The van der Waals surface area contributed by atoms with Gasteiger partial charge in [-0.2, -0.15) is 17.6 Å². The van der Waals surface area contributed by atoms with Crippen LogP contribution >= 0.6 is 0 Å². The highest BCUT2D eigenvalue weighted by Gasteiger charge is 2.49. The number of carboxylic acid groups (broad SMARTS) is 2. The SMILES string of the molecule is CC(C)(C)OC(=O)N1CCC[C@H]1c1ncc(-c2ccc(-c3ccc4c(c3)C(F)(F)c3cc(-c5cnc([C@@H]6CCCN6C(=O)[C@@H](NC(=O)O)C6CCOCC6)[nH]5)ccc3-4)cc2)[nH]1.COC(=O)N[C@@H](C(=O)O)c1ccccc1.COC(=O)N[C@H](C(=O)N1CCC[C@H]1c1ncc(-c2ccc3c(c2)C(F)(F)c2cc(-c4ccc(-c5cnc([C@@H]6CCCN6C(=O)[C@H](NC(=O)OC)c6ccccc6)[nH]5)cc4)ccc2-3)[nH]1)C1CCOCC1. The number of carboxylic acids is 1. The third-order valence-electron chi connectivity index (χ3n) is 28.2. The molecule has 37 heteroatoms. The average molecular weight is 1980 g/mol. The first kappa shape index (κ1) is 99.6. The molecule has 10 heterocycles. The molecule has 4 aromatic heterocycles. The monoisotopic (exact) mass is 1980 g/mol. The van der Waals surface area contributed by atoms with Crippen LogP contribution in [0.5, 0.6) is 0 Å². The minimum Gasteiger partial charge on any atom is -0.479 e. The Kier molecular flexibility index (Phi) is 29.2. The molecule has 0 spiro atoms. The number of hydrogen-bond acceptors (Lipinski definition) is 19. The summed E-state index contributed by atoms with van der Waals surface area (Å²) in [7, 11) is 3.71. The zero-order valence-corrected chi connectivity index (χ0v) is 80.7. The molecule has 33 nitrogen and oxygen atoms in total. The number of ether oxygens (including phenoxy) is 6. The fourth-order valence-corrected chi connectivity index (χ4v) is 20.9. The minimum absolute atomic E-state index is 0.0648. The first-order valence-electron chi connectivity index (χ1n) is 48.6. The van der Waals surface area contributed by atoms with E-state index in [9.17, 15) is 48.3 Å². The number of methoxy groups -OCH3 is 3. The number of alkyl halides is 4. The van der Waals surface area contributed by atoms with Crippen molar-refractivity contribution in [1.29, 1.82) is 0 Å². The molecule has 8 amide bonds. The predicted octanol–water partition coefficient (Wildman–Crippen LogP) is 19.1. The molecular formula is C108H112F4N16O17. The van der Waals surface area contributed by atoms with Crippen molar-refractivity contribution in [3.8, 4) is 89.5 Å². The van der Waals surface area contributed by atoms with Crippen LogP contribution in [-0.2, 0) is 59.4 Å². The molecule has 8 aromatic carbocycles. The molecule has 0 saturated carbocycles. The molecule has 2 aliphatic carbocycles. The number of likely N-dealkylation sites (tertiary alicyclic amines) is 4. The fraction of sp³-hybridized carbons (Fsp3) is 0.361. The highest BCUT2D eigenvalue weighted by molar-refractivity contribution is 5.91. The lowest BCUT2D eigenvalue weighted by Gasteiger charge is -2.34. The Morgan fingerprint density at radius 3 is 1.04 bits per heavy atom. The van der Waals surface area contributed by atoms with E-state index in [0.29, 0.717) is 188 Å². The summed E-state index contributed by atoms with van der Waals surface area (Å²) >= 11 is 0. The Morgan fingerprint density at radius 1 is 0.379 bits per heavy atom. The summed E-state index contributed by atoms with van der Waals surface area (Å²) in [6.45, 7) is 9.53. The summed E-state index contributed by atoms with van der Waals surface area (Å²) in [5.41, 5.74) is 10.3. The number of fused-ring (bicyclic) bond motifs is 6. The smallest absolute Gasteiger partial charge is 0.410 e. The largest absolute Gasteiger partial charge is 0.479 e. The number of carbonyl (C=O) groups excluding carboxylic acids is 7. The summed E-state index contributed by atoms with van der Waals surface area (Å²) in [5.74, 6) is -6.32. The molecule has 754 valence electrons. The van der Waals surface area contributed by atoms with E-state index in [1.807, 2.05) is 99.6 Å². The van der Waals surface area contributed by atoms with Crippen LogP contribution < -0.4 is 21.3 Å². The third-order valence-corrected chi connectivity index (χ3v) is 28.2. The summed E-state index contributed by atoms with van der Waals surface area (Å²) in [6.07, 6.45) is 11.2. The number of rotatable bonds is 22. The van der Waals surface area contributed by atoms with Crippen LogP contribution in [-0.4, -0.2) is 215 Å². The van der Waals surface area contributed by atoms with E-state index in [4.69, 9.17) is 28.8 Å². The number of H-pyrrole nitrogens is 4. The first-order chi connectivity index (χ1) is 69.9. The molecular weight excluding hydrogens is 1870 g/mol. The number of halogens is 4. The molecule has 10 N–H and O–H groups in total. The molecule has 6 fully saturated rings. The number of aliphatic carboxylic acids is 1. The van der Waals surface area contributed by atoms with E-state index in [-0.39, 0.29) is 76.0 Å². The second-order valence-corrected chi connectivity index (χ2v) is 38.2. The number of amides is 8. The predicted molar refractivity (Wildman–Crippen MR) is 525 cm³/mol. The highest BCUT2D eigenvalue weighted by Crippen LogP contribution is 2.55. The number of alkyl carbamates (subject to hydrolysis) is 3. The summed E-state index contributed by atoms with van der Waals surface area (Å²) in [6, 6.07) is 48.1. The molecule has 8 atom stereocenters. The van der Waals surface area contributed by atoms with Gasteiger partial charge >= 0.3 is 36.4 Å². The quantitative estimate of drug-likeness (QED) is 0.0222. The Balaban J connectivity index is 0.000000167. The van der Waals surface area contributed by atoms with Gasteiger partial charge in [-0.05, 0) is 201 Å².